The number of rotatable bonds is 4. The van der Waals surface area contributed by atoms with Gasteiger partial charge in [0.2, 0.25) is 0 Å². The van der Waals surface area contributed by atoms with Gasteiger partial charge in [-0.2, -0.15) is 0 Å². The summed E-state index contributed by atoms with van der Waals surface area (Å²) in [6.07, 6.45) is -0.371. The van der Waals surface area contributed by atoms with Crippen molar-refractivity contribution in [1.82, 2.24) is 4.98 Å². The Morgan fingerprint density at radius 2 is 1.72 bits per heavy atom. The standard InChI is InChI=1S/C18H17Cl2NO4/c1-8(2)25-18(24)14-10(4)21-9(3)13(17(22)23)15(14)11-6-5-7-12(19)16(11)20/h5-8H,1-4H3,(H,22,23). The lowest BCUT2D eigenvalue weighted by molar-refractivity contribution is 0.0377. The number of aromatic carboxylic acids is 1. The lowest BCUT2D eigenvalue weighted by atomic mass is 9.92. The summed E-state index contributed by atoms with van der Waals surface area (Å²) in [5, 5.41) is 10.1. The molecule has 7 heteroatoms. The van der Waals surface area contributed by atoms with E-state index in [1.54, 1.807) is 45.9 Å². The summed E-state index contributed by atoms with van der Waals surface area (Å²) in [4.78, 5) is 28.7. The number of carboxylic acids is 1. The summed E-state index contributed by atoms with van der Waals surface area (Å²) in [5.74, 6) is -1.87. The molecule has 0 saturated heterocycles. The zero-order valence-electron chi connectivity index (χ0n) is 14.2. The summed E-state index contributed by atoms with van der Waals surface area (Å²) in [7, 11) is 0. The number of hydrogen-bond donors (Lipinski definition) is 1. The van der Waals surface area contributed by atoms with Crippen molar-refractivity contribution >= 4 is 35.1 Å². The second-order valence-electron chi connectivity index (χ2n) is 5.77. The summed E-state index contributed by atoms with van der Waals surface area (Å²) in [6.45, 7) is 6.60. The second kappa shape index (κ2) is 7.42. The van der Waals surface area contributed by atoms with Crippen LogP contribution in [0.15, 0.2) is 18.2 Å². The van der Waals surface area contributed by atoms with E-state index in [0.29, 0.717) is 11.3 Å². The van der Waals surface area contributed by atoms with E-state index in [4.69, 9.17) is 27.9 Å². The fourth-order valence-corrected chi connectivity index (χ4v) is 3.00. The Kier molecular flexibility index (Phi) is 5.70. The molecule has 1 aromatic carbocycles. The molecule has 0 aliphatic carbocycles. The van der Waals surface area contributed by atoms with Gasteiger partial charge >= 0.3 is 11.9 Å². The molecule has 1 N–H and O–H groups in total. The first-order valence-electron chi connectivity index (χ1n) is 7.55. The van der Waals surface area contributed by atoms with Gasteiger partial charge < -0.3 is 9.84 Å². The van der Waals surface area contributed by atoms with Gasteiger partial charge in [0.15, 0.2) is 0 Å². The molecule has 0 spiro atoms. The molecule has 0 fully saturated rings. The summed E-state index contributed by atoms with van der Waals surface area (Å²) >= 11 is 12.4. The zero-order valence-corrected chi connectivity index (χ0v) is 15.7. The highest BCUT2D eigenvalue weighted by molar-refractivity contribution is 6.44. The minimum Gasteiger partial charge on any atom is -0.478 e. The van der Waals surface area contributed by atoms with E-state index in [-0.39, 0.29) is 38.5 Å². The van der Waals surface area contributed by atoms with E-state index in [1.165, 1.54) is 0 Å². The molecule has 0 bridgehead atoms. The fraction of sp³-hybridized carbons (Fsp3) is 0.278. The molecule has 132 valence electrons. The van der Waals surface area contributed by atoms with Gasteiger partial charge in [-0.15, -0.1) is 0 Å². The molecule has 2 aromatic rings. The van der Waals surface area contributed by atoms with Crippen LogP contribution < -0.4 is 0 Å². The van der Waals surface area contributed by atoms with Crippen molar-refractivity contribution in [2.24, 2.45) is 0 Å². The lowest BCUT2D eigenvalue weighted by Crippen LogP contribution is -2.18. The number of aryl methyl sites for hydroxylation is 2. The molecule has 0 unspecified atom stereocenters. The third-order valence-corrected chi connectivity index (χ3v) is 4.36. The van der Waals surface area contributed by atoms with E-state index >= 15 is 0 Å². The van der Waals surface area contributed by atoms with Crippen LogP contribution in [-0.2, 0) is 4.74 Å². The molecule has 0 aliphatic rings. The number of carbonyl (C=O) groups is 2. The maximum atomic E-state index is 12.6. The van der Waals surface area contributed by atoms with Crippen LogP contribution in [0.2, 0.25) is 10.0 Å². The van der Waals surface area contributed by atoms with Crippen LogP contribution in [0.3, 0.4) is 0 Å². The average molecular weight is 382 g/mol. The lowest BCUT2D eigenvalue weighted by Gasteiger charge is -2.18. The van der Waals surface area contributed by atoms with E-state index in [0.717, 1.165) is 0 Å². The van der Waals surface area contributed by atoms with Gasteiger partial charge in [0.25, 0.3) is 0 Å². The topological polar surface area (TPSA) is 76.5 Å². The highest BCUT2D eigenvalue weighted by Gasteiger charge is 2.28. The van der Waals surface area contributed by atoms with Crippen LogP contribution in [0.4, 0.5) is 0 Å². The van der Waals surface area contributed by atoms with Gasteiger partial charge in [-0.1, -0.05) is 35.3 Å². The van der Waals surface area contributed by atoms with Crippen LogP contribution >= 0.6 is 23.2 Å². The Hall–Kier alpha value is -2.11. The number of esters is 1. The predicted octanol–water partition coefficient (Wildman–Crippen LogP) is 4.94. The fourth-order valence-electron chi connectivity index (χ4n) is 2.60. The van der Waals surface area contributed by atoms with Crippen molar-refractivity contribution in [3.05, 3.63) is 50.8 Å². The van der Waals surface area contributed by atoms with E-state index in [1.807, 2.05) is 0 Å². The molecule has 2 rings (SSSR count). The quantitative estimate of drug-likeness (QED) is 0.759. The van der Waals surface area contributed by atoms with Gasteiger partial charge in [0.05, 0.1) is 38.7 Å². The molecular formula is C18H17Cl2NO4. The van der Waals surface area contributed by atoms with Gasteiger partial charge in [-0.05, 0) is 33.8 Å². The number of pyridine rings is 1. The van der Waals surface area contributed by atoms with Crippen molar-refractivity contribution in [3.8, 4) is 11.1 Å². The molecule has 1 heterocycles. The highest BCUT2D eigenvalue weighted by Crippen LogP contribution is 2.39. The molecule has 0 amide bonds. The number of aromatic nitrogens is 1. The summed E-state index contributed by atoms with van der Waals surface area (Å²) in [5.41, 5.74) is 1.11. The third-order valence-electron chi connectivity index (χ3n) is 3.54. The molecular weight excluding hydrogens is 365 g/mol. The Morgan fingerprint density at radius 1 is 1.12 bits per heavy atom. The summed E-state index contributed by atoms with van der Waals surface area (Å²) < 4.78 is 5.28. The van der Waals surface area contributed by atoms with Crippen LogP contribution in [-0.4, -0.2) is 28.1 Å². The van der Waals surface area contributed by atoms with Crippen LogP contribution in [0.5, 0.6) is 0 Å². The summed E-state index contributed by atoms with van der Waals surface area (Å²) in [6, 6.07) is 4.83. The van der Waals surface area contributed by atoms with Gasteiger partial charge in [-0.3, -0.25) is 4.98 Å². The van der Waals surface area contributed by atoms with Crippen molar-refractivity contribution in [2.45, 2.75) is 33.8 Å². The first kappa shape index (κ1) is 19.2. The average Bonchev–Trinajstić information content (AvgIpc) is 2.47. The number of ether oxygens (including phenoxy) is 1. The minimum atomic E-state index is -1.21. The largest absolute Gasteiger partial charge is 0.478 e. The van der Waals surface area contributed by atoms with E-state index < -0.39 is 11.9 Å². The molecule has 0 saturated carbocycles. The first-order chi connectivity index (χ1) is 11.6. The van der Waals surface area contributed by atoms with E-state index in [9.17, 15) is 14.7 Å². The molecule has 0 atom stereocenters. The number of carboxylic acid groups (broad SMARTS) is 1. The van der Waals surface area contributed by atoms with Crippen molar-refractivity contribution in [2.75, 3.05) is 0 Å². The minimum absolute atomic E-state index is 0.0702. The van der Waals surface area contributed by atoms with Gasteiger partial charge in [0.1, 0.15) is 0 Å². The van der Waals surface area contributed by atoms with Crippen LogP contribution in [0.1, 0.15) is 46.0 Å². The second-order valence-corrected chi connectivity index (χ2v) is 6.55. The molecule has 0 radical (unpaired) electrons. The van der Waals surface area contributed by atoms with Gasteiger partial charge in [0, 0.05) is 11.1 Å². The van der Waals surface area contributed by atoms with Crippen LogP contribution in [0, 0.1) is 13.8 Å². The predicted molar refractivity (Wildman–Crippen MR) is 96.7 cm³/mol. The van der Waals surface area contributed by atoms with E-state index in [2.05, 4.69) is 4.98 Å². The maximum absolute atomic E-state index is 12.6. The van der Waals surface area contributed by atoms with Crippen LogP contribution in [0.25, 0.3) is 11.1 Å². The Bertz CT molecular complexity index is 863. The Labute approximate surface area is 155 Å². The van der Waals surface area contributed by atoms with Gasteiger partial charge in [-0.25, -0.2) is 9.59 Å². The number of hydrogen-bond acceptors (Lipinski definition) is 4. The number of nitrogens with zero attached hydrogens (tertiary/aromatic N) is 1. The maximum Gasteiger partial charge on any atom is 0.340 e. The Morgan fingerprint density at radius 3 is 2.28 bits per heavy atom. The Balaban J connectivity index is 2.93. The van der Waals surface area contributed by atoms with Crippen molar-refractivity contribution in [1.29, 1.82) is 0 Å². The SMILES string of the molecule is Cc1nc(C)c(C(=O)OC(C)C)c(-c2cccc(Cl)c2Cl)c1C(=O)O. The normalized spacial score (nSPS) is 10.8. The molecule has 5 nitrogen and oxygen atoms in total. The molecule has 1 aromatic heterocycles. The number of halogens is 2. The third kappa shape index (κ3) is 3.78. The van der Waals surface area contributed by atoms with Crippen molar-refractivity contribution in [3.63, 3.8) is 0 Å². The van der Waals surface area contributed by atoms with Crippen molar-refractivity contribution < 1.29 is 19.4 Å². The highest BCUT2D eigenvalue weighted by atomic mass is 35.5. The smallest absolute Gasteiger partial charge is 0.340 e. The molecule has 25 heavy (non-hydrogen) atoms. The number of carbonyl (C=O) groups excluding carboxylic acids is 1. The number of benzene rings is 1. The monoisotopic (exact) mass is 381 g/mol. The zero-order chi connectivity index (χ0) is 18.9. The first-order valence-corrected chi connectivity index (χ1v) is 8.30. The molecule has 0 aliphatic heterocycles.